The lowest BCUT2D eigenvalue weighted by atomic mass is 10.1. The van der Waals surface area contributed by atoms with Gasteiger partial charge in [-0.15, -0.1) is 11.3 Å². The first kappa shape index (κ1) is 20.1. The van der Waals surface area contributed by atoms with Crippen LogP contribution < -0.4 is 5.32 Å². The molecule has 2 aromatic heterocycles. The molecule has 0 unspecified atom stereocenters. The highest BCUT2D eigenvalue weighted by molar-refractivity contribution is 7.99. The average molecular weight is 416 g/mol. The summed E-state index contributed by atoms with van der Waals surface area (Å²) in [6.45, 7) is 0. The molecule has 0 bridgehead atoms. The molecule has 4 nitrogen and oxygen atoms in total. The lowest BCUT2D eigenvalue weighted by molar-refractivity contribution is -0.141. The van der Waals surface area contributed by atoms with Crippen molar-refractivity contribution in [3.63, 3.8) is 0 Å². The Kier molecular flexibility index (Phi) is 6.75. The van der Waals surface area contributed by atoms with Crippen LogP contribution in [0, 0.1) is 0 Å². The molecule has 0 radical (unpaired) electrons. The van der Waals surface area contributed by atoms with Crippen LogP contribution in [0.25, 0.3) is 10.6 Å². The number of amides is 1. The third kappa shape index (κ3) is 5.93. The predicted octanol–water partition coefficient (Wildman–Crippen LogP) is 5.16. The average Bonchev–Trinajstić information content (AvgIpc) is 3.05. The van der Waals surface area contributed by atoms with E-state index in [-0.39, 0.29) is 28.6 Å². The Hall–Kier alpha value is -1.61. The summed E-state index contributed by atoms with van der Waals surface area (Å²) >= 11 is 2.24. The van der Waals surface area contributed by atoms with Crippen LogP contribution in [0.1, 0.15) is 44.2 Å². The molecule has 2 aromatic rings. The van der Waals surface area contributed by atoms with Crippen molar-refractivity contribution in [2.45, 2.75) is 55.9 Å². The maximum atomic E-state index is 13.2. The summed E-state index contributed by atoms with van der Waals surface area (Å²) in [5.74, 6) is -0.188. The van der Waals surface area contributed by atoms with Crippen molar-refractivity contribution < 1.29 is 18.0 Å². The number of hydrogen-bond donors (Lipinski definition) is 1. The minimum atomic E-state index is -4.56. The van der Waals surface area contributed by atoms with E-state index in [0.29, 0.717) is 4.88 Å². The maximum absolute atomic E-state index is 13.2. The molecule has 0 aliphatic heterocycles. The molecule has 1 amide bonds. The van der Waals surface area contributed by atoms with E-state index in [2.05, 4.69) is 15.3 Å². The minimum absolute atomic E-state index is 0.00168. The summed E-state index contributed by atoms with van der Waals surface area (Å²) in [6, 6.07) is 4.56. The zero-order valence-electron chi connectivity index (χ0n) is 14.6. The van der Waals surface area contributed by atoms with E-state index in [9.17, 15) is 18.0 Å². The second-order valence-electron chi connectivity index (χ2n) is 6.44. The van der Waals surface area contributed by atoms with Gasteiger partial charge in [0.1, 0.15) is 5.69 Å². The summed E-state index contributed by atoms with van der Waals surface area (Å²) in [7, 11) is 0. The fourth-order valence-electron chi connectivity index (χ4n) is 3.01. The quantitative estimate of drug-likeness (QED) is 0.417. The summed E-state index contributed by atoms with van der Waals surface area (Å²) in [5, 5.41) is 4.72. The van der Waals surface area contributed by atoms with Crippen LogP contribution in [-0.2, 0) is 11.0 Å². The summed E-state index contributed by atoms with van der Waals surface area (Å²) in [6.07, 6.45) is 1.91. The van der Waals surface area contributed by atoms with Gasteiger partial charge in [0.15, 0.2) is 5.16 Å². The molecule has 3 rings (SSSR count). The molecular formula is C18H20F3N3OS2. The SMILES string of the molecule is O=C(CSc1nc(-c2cccs2)cc(C(F)(F)F)n1)NC1CCCCCC1. The van der Waals surface area contributed by atoms with Gasteiger partial charge in [0.05, 0.1) is 16.3 Å². The zero-order chi connectivity index (χ0) is 19.3. The Morgan fingerprint density at radius 1 is 1.22 bits per heavy atom. The van der Waals surface area contributed by atoms with E-state index >= 15 is 0 Å². The van der Waals surface area contributed by atoms with Gasteiger partial charge in [-0.05, 0) is 30.4 Å². The molecule has 0 atom stereocenters. The molecule has 1 aliphatic rings. The first-order valence-electron chi connectivity index (χ1n) is 8.84. The Morgan fingerprint density at radius 3 is 2.59 bits per heavy atom. The standard InChI is InChI=1S/C18H20F3N3OS2/c19-18(20,21)15-10-13(14-8-5-9-26-14)23-17(24-15)27-11-16(25)22-12-6-3-1-2-4-7-12/h5,8-10,12H,1-4,6-7,11H2,(H,22,25). The second-order valence-corrected chi connectivity index (χ2v) is 8.33. The third-order valence-corrected chi connectivity index (χ3v) is 6.06. The third-order valence-electron chi connectivity index (χ3n) is 4.32. The molecule has 0 aromatic carbocycles. The van der Waals surface area contributed by atoms with E-state index in [4.69, 9.17) is 0 Å². The first-order valence-corrected chi connectivity index (χ1v) is 10.7. The number of aromatic nitrogens is 2. The number of thiophene rings is 1. The second kappa shape index (κ2) is 9.05. The monoisotopic (exact) mass is 415 g/mol. The van der Waals surface area contributed by atoms with Gasteiger partial charge in [-0.25, -0.2) is 9.97 Å². The summed E-state index contributed by atoms with van der Waals surface area (Å²) in [4.78, 5) is 20.6. The van der Waals surface area contributed by atoms with Gasteiger partial charge in [-0.3, -0.25) is 4.79 Å². The Balaban J connectivity index is 1.68. The van der Waals surface area contributed by atoms with Crippen LogP contribution in [0.4, 0.5) is 13.2 Å². The van der Waals surface area contributed by atoms with Crippen LogP contribution >= 0.6 is 23.1 Å². The van der Waals surface area contributed by atoms with Gasteiger partial charge in [0.2, 0.25) is 5.91 Å². The largest absolute Gasteiger partial charge is 0.433 e. The van der Waals surface area contributed by atoms with Gasteiger partial charge in [0.25, 0.3) is 0 Å². The zero-order valence-corrected chi connectivity index (χ0v) is 16.2. The van der Waals surface area contributed by atoms with Crippen LogP contribution in [0.2, 0.25) is 0 Å². The highest BCUT2D eigenvalue weighted by Crippen LogP contribution is 2.33. The number of nitrogens with zero attached hydrogens (tertiary/aromatic N) is 2. The van der Waals surface area contributed by atoms with Crippen molar-refractivity contribution in [3.05, 3.63) is 29.3 Å². The topological polar surface area (TPSA) is 54.9 Å². The lowest BCUT2D eigenvalue weighted by Gasteiger charge is -2.16. The van der Waals surface area contributed by atoms with E-state index in [1.54, 1.807) is 17.5 Å². The highest BCUT2D eigenvalue weighted by atomic mass is 32.2. The van der Waals surface area contributed by atoms with Crippen LogP contribution in [0.15, 0.2) is 28.7 Å². The summed E-state index contributed by atoms with van der Waals surface area (Å²) in [5.41, 5.74) is -0.772. The van der Waals surface area contributed by atoms with E-state index in [0.717, 1.165) is 43.5 Å². The number of alkyl halides is 3. The molecule has 9 heteroatoms. The molecule has 1 N–H and O–H groups in total. The maximum Gasteiger partial charge on any atom is 0.433 e. The Bertz CT molecular complexity index is 758. The van der Waals surface area contributed by atoms with Gasteiger partial charge < -0.3 is 5.32 Å². The highest BCUT2D eigenvalue weighted by Gasteiger charge is 2.34. The number of nitrogens with one attached hydrogen (secondary N) is 1. The fraction of sp³-hybridized carbons (Fsp3) is 0.500. The molecule has 1 fully saturated rings. The fourth-order valence-corrected chi connectivity index (χ4v) is 4.36. The number of rotatable bonds is 5. The van der Waals surface area contributed by atoms with Gasteiger partial charge in [-0.2, -0.15) is 13.2 Å². The normalized spacial score (nSPS) is 16.1. The van der Waals surface area contributed by atoms with Crippen molar-refractivity contribution >= 4 is 29.0 Å². The van der Waals surface area contributed by atoms with E-state index in [1.807, 2.05) is 0 Å². The number of carbonyl (C=O) groups excluding carboxylic acids is 1. The summed E-state index contributed by atoms with van der Waals surface area (Å²) < 4.78 is 39.5. The van der Waals surface area contributed by atoms with Crippen LogP contribution in [0.3, 0.4) is 0 Å². The van der Waals surface area contributed by atoms with E-state index in [1.165, 1.54) is 24.2 Å². The van der Waals surface area contributed by atoms with E-state index < -0.39 is 11.9 Å². The van der Waals surface area contributed by atoms with Crippen molar-refractivity contribution in [2.24, 2.45) is 0 Å². The predicted molar refractivity (Wildman–Crippen MR) is 101 cm³/mol. The van der Waals surface area contributed by atoms with Crippen molar-refractivity contribution in [3.8, 4) is 10.6 Å². The molecular weight excluding hydrogens is 395 g/mol. The first-order chi connectivity index (χ1) is 12.9. The van der Waals surface area contributed by atoms with Crippen molar-refractivity contribution in [1.82, 2.24) is 15.3 Å². The van der Waals surface area contributed by atoms with Gasteiger partial charge in [0, 0.05) is 6.04 Å². The van der Waals surface area contributed by atoms with Crippen molar-refractivity contribution in [1.29, 1.82) is 0 Å². The molecule has 1 aliphatic carbocycles. The molecule has 27 heavy (non-hydrogen) atoms. The molecule has 146 valence electrons. The Morgan fingerprint density at radius 2 is 1.96 bits per heavy atom. The molecule has 0 saturated heterocycles. The Labute approximate surface area is 164 Å². The molecule has 0 spiro atoms. The van der Waals surface area contributed by atoms with Crippen molar-refractivity contribution in [2.75, 3.05) is 5.75 Å². The van der Waals surface area contributed by atoms with Crippen LogP contribution in [0.5, 0.6) is 0 Å². The smallest absolute Gasteiger partial charge is 0.353 e. The number of hydrogen-bond acceptors (Lipinski definition) is 5. The lowest BCUT2D eigenvalue weighted by Crippen LogP contribution is -2.35. The number of thioether (sulfide) groups is 1. The van der Waals surface area contributed by atoms with Gasteiger partial charge in [-0.1, -0.05) is 43.5 Å². The van der Waals surface area contributed by atoms with Crippen LogP contribution in [-0.4, -0.2) is 27.7 Å². The molecule has 1 saturated carbocycles. The number of carbonyl (C=O) groups is 1. The van der Waals surface area contributed by atoms with Gasteiger partial charge >= 0.3 is 6.18 Å². The molecule has 2 heterocycles. The minimum Gasteiger partial charge on any atom is -0.353 e. The number of halogens is 3.